The van der Waals surface area contributed by atoms with Crippen LogP contribution >= 0.6 is 11.5 Å². The molecular weight excluding hydrogens is 270 g/mol. The maximum absolute atomic E-state index is 4.56. The lowest BCUT2D eigenvalue weighted by Crippen LogP contribution is -2.11. The van der Waals surface area contributed by atoms with E-state index in [1.165, 1.54) is 22.8 Å². The van der Waals surface area contributed by atoms with E-state index in [-0.39, 0.29) is 6.04 Å². The monoisotopic (exact) mass is 293 g/mol. The number of nitrogens with one attached hydrogen (secondary N) is 1. The molecule has 5 nitrogen and oxygen atoms in total. The van der Waals surface area contributed by atoms with E-state index < -0.39 is 0 Å². The van der Waals surface area contributed by atoms with Gasteiger partial charge in [0.25, 0.3) is 0 Å². The third kappa shape index (κ3) is 2.85. The molecule has 2 heterocycles. The van der Waals surface area contributed by atoms with Crippen LogP contribution in [-0.2, 0) is 7.05 Å². The maximum Gasteiger partial charge on any atom is 0.203 e. The third-order valence-electron chi connectivity index (χ3n) is 3.58. The lowest BCUT2D eigenvalue weighted by atomic mass is 10.0. The minimum atomic E-state index is 0.233. The first-order chi connectivity index (χ1) is 9.43. The molecule has 1 N–H and O–H groups in total. The van der Waals surface area contributed by atoms with Gasteiger partial charge in [-0.3, -0.25) is 4.68 Å². The summed E-state index contributed by atoms with van der Waals surface area (Å²) in [6, 6.07) is 0.233. The average Bonchev–Trinajstić information content (AvgIpc) is 2.94. The van der Waals surface area contributed by atoms with Gasteiger partial charge in [-0.2, -0.15) is 9.47 Å². The Morgan fingerprint density at radius 2 is 2.00 bits per heavy atom. The minimum absolute atomic E-state index is 0.233. The van der Waals surface area contributed by atoms with Crippen molar-refractivity contribution in [2.45, 2.75) is 53.0 Å². The van der Waals surface area contributed by atoms with E-state index in [1.54, 1.807) is 0 Å². The van der Waals surface area contributed by atoms with Gasteiger partial charge in [-0.15, -0.1) is 0 Å². The normalized spacial score (nSPS) is 12.9. The molecule has 110 valence electrons. The Labute approximate surface area is 124 Å². The quantitative estimate of drug-likeness (QED) is 0.915. The maximum atomic E-state index is 4.56. The van der Waals surface area contributed by atoms with Gasteiger partial charge in [0.1, 0.15) is 5.82 Å². The highest BCUT2D eigenvalue weighted by Gasteiger charge is 2.20. The summed E-state index contributed by atoms with van der Waals surface area (Å²) in [5.41, 5.74) is 3.56. The molecule has 1 unspecified atom stereocenters. The first-order valence-electron chi connectivity index (χ1n) is 7.04. The Bertz CT molecular complexity index is 584. The fraction of sp³-hybridized carbons (Fsp3) is 0.643. The smallest absolute Gasteiger partial charge is 0.203 e. The van der Waals surface area contributed by atoms with Crippen LogP contribution in [0.4, 0.5) is 5.13 Å². The molecule has 0 aliphatic heterocycles. The van der Waals surface area contributed by atoms with Gasteiger partial charge in [0, 0.05) is 35.8 Å². The largest absolute Gasteiger partial charge is 0.353 e. The molecule has 2 aromatic heterocycles. The molecule has 0 radical (unpaired) electrons. The summed E-state index contributed by atoms with van der Waals surface area (Å²) in [5.74, 6) is 1.27. The fourth-order valence-electron chi connectivity index (χ4n) is 2.35. The number of hydrogen-bond donors (Lipinski definition) is 1. The Balaban J connectivity index is 2.24. The molecule has 0 amide bonds. The number of aromatic nitrogens is 4. The van der Waals surface area contributed by atoms with Gasteiger partial charge in [0.05, 0.1) is 11.7 Å². The molecule has 0 spiro atoms. The Hall–Kier alpha value is -1.43. The highest BCUT2D eigenvalue weighted by Crippen LogP contribution is 2.28. The molecule has 2 rings (SSSR count). The third-order valence-corrected chi connectivity index (χ3v) is 4.24. The summed E-state index contributed by atoms with van der Waals surface area (Å²) in [6.07, 6.45) is 0.990. The van der Waals surface area contributed by atoms with Crippen molar-refractivity contribution in [3.8, 4) is 0 Å². The molecule has 1 atom stereocenters. The van der Waals surface area contributed by atoms with Crippen molar-refractivity contribution in [3.05, 3.63) is 22.8 Å². The van der Waals surface area contributed by atoms with Gasteiger partial charge in [0.15, 0.2) is 0 Å². The number of aryl methyl sites for hydroxylation is 2. The van der Waals surface area contributed by atoms with Crippen LogP contribution in [0.5, 0.6) is 0 Å². The van der Waals surface area contributed by atoms with Crippen LogP contribution in [0.3, 0.4) is 0 Å². The van der Waals surface area contributed by atoms with Crippen LogP contribution < -0.4 is 5.32 Å². The van der Waals surface area contributed by atoms with E-state index in [0.29, 0.717) is 5.92 Å². The summed E-state index contributed by atoms with van der Waals surface area (Å²) in [4.78, 5) is 4.56. The molecule has 0 aliphatic rings. The van der Waals surface area contributed by atoms with Crippen molar-refractivity contribution in [1.29, 1.82) is 0 Å². The highest BCUT2D eigenvalue weighted by atomic mass is 32.1. The van der Waals surface area contributed by atoms with Crippen LogP contribution in [0.15, 0.2) is 0 Å². The number of nitrogens with zero attached hydrogens (tertiary/aromatic N) is 4. The summed E-state index contributed by atoms with van der Waals surface area (Å²) < 4.78 is 6.33. The summed E-state index contributed by atoms with van der Waals surface area (Å²) >= 11 is 1.44. The van der Waals surface area contributed by atoms with Crippen LogP contribution in [-0.4, -0.2) is 19.1 Å². The molecule has 0 bridgehead atoms. The predicted octanol–water partition coefficient (Wildman–Crippen LogP) is 3.58. The molecule has 20 heavy (non-hydrogen) atoms. The highest BCUT2D eigenvalue weighted by molar-refractivity contribution is 7.09. The lowest BCUT2D eigenvalue weighted by Gasteiger charge is -2.16. The minimum Gasteiger partial charge on any atom is -0.353 e. The van der Waals surface area contributed by atoms with Crippen molar-refractivity contribution in [1.82, 2.24) is 19.1 Å². The zero-order valence-electron chi connectivity index (χ0n) is 13.1. The lowest BCUT2D eigenvalue weighted by molar-refractivity contribution is 0.714. The summed E-state index contributed by atoms with van der Waals surface area (Å²) in [6.45, 7) is 10.6. The van der Waals surface area contributed by atoms with E-state index in [2.05, 4.69) is 54.4 Å². The molecule has 2 aromatic rings. The second-order valence-corrected chi connectivity index (χ2v) is 6.18. The van der Waals surface area contributed by atoms with E-state index in [1.807, 2.05) is 11.7 Å². The van der Waals surface area contributed by atoms with E-state index in [9.17, 15) is 0 Å². The second kappa shape index (κ2) is 5.91. The van der Waals surface area contributed by atoms with E-state index in [4.69, 9.17) is 0 Å². The van der Waals surface area contributed by atoms with Crippen molar-refractivity contribution in [3.63, 3.8) is 0 Å². The molecule has 0 saturated carbocycles. The fourth-order valence-corrected chi connectivity index (χ4v) is 3.11. The first-order valence-corrected chi connectivity index (χ1v) is 7.81. The molecule has 6 heteroatoms. The predicted molar refractivity (Wildman–Crippen MR) is 83.3 cm³/mol. The average molecular weight is 293 g/mol. The van der Waals surface area contributed by atoms with Gasteiger partial charge < -0.3 is 5.32 Å². The zero-order chi connectivity index (χ0) is 14.9. The van der Waals surface area contributed by atoms with Crippen molar-refractivity contribution in [2.75, 3.05) is 5.32 Å². The first kappa shape index (κ1) is 15.0. The van der Waals surface area contributed by atoms with Crippen LogP contribution in [0, 0.1) is 13.8 Å². The molecular formula is C14H23N5S. The Kier molecular flexibility index (Phi) is 4.42. The van der Waals surface area contributed by atoms with Crippen LogP contribution in [0.25, 0.3) is 0 Å². The Morgan fingerprint density at radius 3 is 2.45 bits per heavy atom. The molecule has 0 fully saturated rings. The SMILES string of the molecule is CCC(Nc1nc(C(C)C)ns1)c1c(C)nn(C)c1C. The Morgan fingerprint density at radius 1 is 1.30 bits per heavy atom. The molecule has 0 saturated heterocycles. The van der Waals surface area contributed by atoms with Crippen molar-refractivity contribution >= 4 is 16.7 Å². The standard InChI is InChI=1S/C14H23N5S/c1-7-11(12-9(4)17-19(6)10(12)5)15-14-16-13(8(2)3)18-20-14/h8,11H,7H2,1-6H3,(H,15,16,18). The number of hydrogen-bond acceptors (Lipinski definition) is 5. The number of anilines is 1. The second-order valence-electron chi connectivity index (χ2n) is 5.43. The van der Waals surface area contributed by atoms with Gasteiger partial charge in [-0.1, -0.05) is 20.8 Å². The van der Waals surface area contributed by atoms with Crippen molar-refractivity contribution < 1.29 is 0 Å². The van der Waals surface area contributed by atoms with Gasteiger partial charge in [0.2, 0.25) is 5.13 Å². The van der Waals surface area contributed by atoms with Crippen LogP contribution in [0.1, 0.15) is 61.9 Å². The molecule has 0 aromatic carbocycles. The topological polar surface area (TPSA) is 55.6 Å². The van der Waals surface area contributed by atoms with Gasteiger partial charge in [-0.05, 0) is 20.3 Å². The number of rotatable bonds is 5. The zero-order valence-corrected chi connectivity index (χ0v) is 13.9. The summed E-state index contributed by atoms with van der Waals surface area (Å²) in [5, 5.41) is 8.90. The summed E-state index contributed by atoms with van der Waals surface area (Å²) in [7, 11) is 1.99. The van der Waals surface area contributed by atoms with E-state index in [0.717, 1.165) is 23.1 Å². The van der Waals surface area contributed by atoms with Crippen LogP contribution in [0.2, 0.25) is 0 Å². The van der Waals surface area contributed by atoms with E-state index >= 15 is 0 Å². The van der Waals surface area contributed by atoms with Gasteiger partial charge in [-0.25, -0.2) is 4.98 Å². The van der Waals surface area contributed by atoms with Gasteiger partial charge >= 0.3 is 0 Å². The van der Waals surface area contributed by atoms with Crippen molar-refractivity contribution in [2.24, 2.45) is 7.05 Å². The molecule has 0 aliphatic carbocycles.